The number of nitrogens with one attached hydrogen (secondary N) is 1. The van der Waals surface area contributed by atoms with Gasteiger partial charge in [0, 0.05) is 26.2 Å². The second-order valence-electron chi connectivity index (χ2n) is 5.87. The molecule has 1 aromatic rings. The number of hydrogen-bond acceptors (Lipinski definition) is 3. The molecular formula is C16H24N2O2. The Morgan fingerprint density at radius 3 is 2.40 bits per heavy atom. The average molecular weight is 276 g/mol. The molecule has 1 fully saturated rings. The summed E-state index contributed by atoms with van der Waals surface area (Å²) in [4.78, 5) is 14.3. The topological polar surface area (TPSA) is 52.6 Å². The summed E-state index contributed by atoms with van der Waals surface area (Å²) in [6.07, 6.45) is 0.631. The Morgan fingerprint density at radius 2 is 1.90 bits per heavy atom. The third kappa shape index (κ3) is 2.86. The molecule has 2 N–H and O–H groups in total. The van der Waals surface area contributed by atoms with Crippen LogP contribution in [0.2, 0.25) is 0 Å². The van der Waals surface area contributed by atoms with E-state index in [0.717, 1.165) is 31.7 Å². The number of rotatable bonds is 5. The lowest BCUT2D eigenvalue weighted by Crippen LogP contribution is -2.58. The number of carboxylic acids is 1. The van der Waals surface area contributed by atoms with Crippen LogP contribution in [0.3, 0.4) is 0 Å². The summed E-state index contributed by atoms with van der Waals surface area (Å²) in [5, 5.41) is 13.3. The summed E-state index contributed by atoms with van der Waals surface area (Å²) in [6.45, 7) is 7.41. The van der Waals surface area contributed by atoms with Crippen LogP contribution in [-0.4, -0.2) is 42.2 Å². The molecule has 110 valence electrons. The molecule has 1 unspecified atom stereocenters. The van der Waals surface area contributed by atoms with E-state index in [1.807, 2.05) is 30.3 Å². The summed E-state index contributed by atoms with van der Waals surface area (Å²) >= 11 is 0. The first-order valence-corrected chi connectivity index (χ1v) is 7.32. The molecule has 0 spiro atoms. The zero-order valence-electron chi connectivity index (χ0n) is 12.3. The number of aliphatic carboxylic acids is 1. The summed E-state index contributed by atoms with van der Waals surface area (Å²) in [7, 11) is 0. The van der Waals surface area contributed by atoms with Crippen LogP contribution in [0.5, 0.6) is 0 Å². The average Bonchev–Trinajstić information content (AvgIpc) is 2.46. The van der Waals surface area contributed by atoms with Crippen molar-refractivity contribution in [3.63, 3.8) is 0 Å². The zero-order valence-corrected chi connectivity index (χ0v) is 12.3. The van der Waals surface area contributed by atoms with Gasteiger partial charge in [-0.15, -0.1) is 0 Å². The smallest absolute Gasteiger partial charge is 0.328 e. The van der Waals surface area contributed by atoms with Gasteiger partial charge < -0.3 is 10.4 Å². The highest BCUT2D eigenvalue weighted by Crippen LogP contribution is 2.35. The van der Waals surface area contributed by atoms with Crippen molar-refractivity contribution in [2.45, 2.75) is 25.8 Å². The van der Waals surface area contributed by atoms with Crippen LogP contribution in [0.1, 0.15) is 25.8 Å². The van der Waals surface area contributed by atoms with E-state index < -0.39 is 11.5 Å². The SMILES string of the molecule is CC(C)CC(C(=O)O)(c1ccccc1)N1CCNCC1. The highest BCUT2D eigenvalue weighted by atomic mass is 16.4. The third-order valence-electron chi connectivity index (χ3n) is 3.97. The molecule has 20 heavy (non-hydrogen) atoms. The van der Waals surface area contributed by atoms with E-state index in [-0.39, 0.29) is 0 Å². The van der Waals surface area contributed by atoms with Gasteiger partial charge in [0.05, 0.1) is 0 Å². The van der Waals surface area contributed by atoms with E-state index in [1.54, 1.807) is 0 Å². The largest absolute Gasteiger partial charge is 0.480 e. The van der Waals surface area contributed by atoms with Crippen LogP contribution in [0.15, 0.2) is 30.3 Å². The van der Waals surface area contributed by atoms with Crippen LogP contribution < -0.4 is 5.32 Å². The summed E-state index contributed by atoms with van der Waals surface area (Å²) < 4.78 is 0. The maximum Gasteiger partial charge on any atom is 0.328 e. The number of benzene rings is 1. The van der Waals surface area contributed by atoms with Gasteiger partial charge in [0.15, 0.2) is 0 Å². The minimum Gasteiger partial charge on any atom is -0.480 e. The van der Waals surface area contributed by atoms with E-state index >= 15 is 0 Å². The summed E-state index contributed by atoms with van der Waals surface area (Å²) in [6, 6.07) is 9.67. The van der Waals surface area contributed by atoms with E-state index in [9.17, 15) is 9.90 Å². The van der Waals surface area contributed by atoms with Crippen molar-refractivity contribution in [1.82, 2.24) is 10.2 Å². The van der Waals surface area contributed by atoms with Crippen molar-refractivity contribution >= 4 is 5.97 Å². The third-order valence-corrected chi connectivity index (χ3v) is 3.97. The maximum absolute atomic E-state index is 12.2. The van der Waals surface area contributed by atoms with Crippen LogP contribution >= 0.6 is 0 Å². The fourth-order valence-corrected chi connectivity index (χ4v) is 3.13. The molecule has 0 amide bonds. The molecule has 0 saturated carbocycles. The van der Waals surface area contributed by atoms with Crippen molar-refractivity contribution in [3.05, 3.63) is 35.9 Å². The van der Waals surface area contributed by atoms with Crippen molar-refractivity contribution in [2.24, 2.45) is 5.92 Å². The second-order valence-corrected chi connectivity index (χ2v) is 5.87. The van der Waals surface area contributed by atoms with Gasteiger partial charge in [-0.25, -0.2) is 4.79 Å². The summed E-state index contributed by atoms with van der Waals surface area (Å²) in [5.74, 6) is -0.416. The molecule has 0 aromatic heterocycles. The second kappa shape index (κ2) is 6.37. The Kier molecular flexibility index (Phi) is 4.78. The highest BCUT2D eigenvalue weighted by Gasteiger charge is 2.46. The van der Waals surface area contributed by atoms with E-state index in [0.29, 0.717) is 12.3 Å². The van der Waals surface area contributed by atoms with Crippen molar-refractivity contribution < 1.29 is 9.90 Å². The number of carboxylic acid groups (broad SMARTS) is 1. The predicted molar refractivity (Wildman–Crippen MR) is 79.7 cm³/mol. The lowest BCUT2D eigenvalue weighted by molar-refractivity contribution is -0.154. The molecule has 0 radical (unpaired) electrons. The van der Waals surface area contributed by atoms with Gasteiger partial charge in [0.2, 0.25) is 0 Å². The first kappa shape index (κ1) is 15.0. The molecule has 0 bridgehead atoms. The van der Waals surface area contributed by atoms with Crippen molar-refractivity contribution in [2.75, 3.05) is 26.2 Å². The molecular weight excluding hydrogens is 252 g/mol. The zero-order chi connectivity index (χ0) is 14.6. The molecule has 1 atom stereocenters. The Labute approximate surface area is 120 Å². The van der Waals surface area contributed by atoms with Crippen LogP contribution in [0.4, 0.5) is 0 Å². The Bertz CT molecular complexity index is 441. The molecule has 1 aromatic carbocycles. The number of hydrogen-bond donors (Lipinski definition) is 2. The first-order chi connectivity index (χ1) is 9.57. The summed E-state index contributed by atoms with van der Waals surface area (Å²) in [5.41, 5.74) is -0.0135. The fourth-order valence-electron chi connectivity index (χ4n) is 3.13. The first-order valence-electron chi connectivity index (χ1n) is 7.32. The Hall–Kier alpha value is -1.39. The lowest BCUT2D eigenvalue weighted by atomic mass is 9.80. The maximum atomic E-state index is 12.2. The fraction of sp³-hybridized carbons (Fsp3) is 0.562. The molecule has 4 heteroatoms. The molecule has 4 nitrogen and oxygen atoms in total. The standard InChI is InChI=1S/C16H24N2O2/c1-13(2)12-16(15(19)20,14-6-4-3-5-7-14)18-10-8-17-9-11-18/h3-7,13,17H,8-12H2,1-2H3,(H,19,20). The lowest BCUT2D eigenvalue weighted by Gasteiger charge is -2.44. The van der Waals surface area contributed by atoms with Gasteiger partial charge in [0.25, 0.3) is 0 Å². The van der Waals surface area contributed by atoms with Gasteiger partial charge >= 0.3 is 5.97 Å². The van der Waals surface area contributed by atoms with E-state index in [2.05, 4.69) is 24.1 Å². The van der Waals surface area contributed by atoms with Crippen molar-refractivity contribution in [3.8, 4) is 0 Å². The van der Waals surface area contributed by atoms with Gasteiger partial charge in [-0.3, -0.25) is 4.90 Å². The number of nitrogens with zero attached hydrogens (tertiary/aromatic N) is 1. The van der Waals surface area contributed by atoms with Crippen LogP contribution in [0.25, 0.3) is 0 Å². The molecule has 1 aliphatic heterocycles. The minimum absolute atomic E-state index is 0.321. The van der Waals surface area contributed by atoms with E-state index in [1.165, 1.54) is 0 Å². The minimum atomic E-state index is -0.905. The monoisotopic (exact) mass is 276 g/mol. The van der Waals surface area contributed by atoms with Gasteiger partial charge in [-0.05, 0) is 17.9 Å². The molecule has 1 aliphatic rings. The molecule has 0 aliphatic carbocycles. The molecule has 1 heterocycles. The quantitative estimate of drug-likeness (QED) is 0.862. The Balaban J connectivity index is 2.46. The predicted octanol–water partition coefficient (Wildman–Crippen LogP) is 1.92. The van der Waals surface area contributed by atoms with Crippen molar-refractivity contribution in [1.29, 1.82) is 0 Å². The van der Waals surface area contributed by atoms with Gasteiger partial charge in [-0.2, -0.15) is 0 Å². The van der Waals surface area contributed by atoms with Gasteiger partial charge in [-0.1, -0.05) is 44.2 Å². The highest BCUT2D eigenvalue weighted by molar-refractivity contribution is 5.81. The van der Waals surface area contributed by atoms with Crippen LogP contribution in [0, 0.1) is 5.92 Å². The molecule has 1 saturated heterocycles. The number of carbonyl (C=O) groups is 1. The molecule has 2 rings (SSSR count). The number of piperazine rings is 1. The van der Waals surface area contributed by atoms with Gasteiger partial charge in [0.1, 0.15) is 5.54 Å². The normalized spacial score (nSPS) is 19.8. The Morgan fingerprint density at radius 1 is 1.30 bits per heavy atom. The van der Waals surface area contributed by atoms with Crippen LogP contribution in [-0.2, 0) is 10.3 Å². The van der Waals surface area contributed by atoms with E-state index in [4.69, 9.17) is 0 Å².